The SMILES string of the molecule is O=C1CCc2ccccc2/C1=C\Nc1ccccc1. The molecule has 0 saturated carbocycles. The Bertz CT molecular complexity index is 629. The highest BCUT2D eigenvalue weighted by Gasteiger charge is 2.20. The summed E-state index contributed by atoms with van der Waals surface area (Å²) in [5.74, 6) is 0.210. The Balaban J connectivity index is 1.93. The van der Waals surface area contributed by atoms with Crippen LogP contribution in [0.15, 0.2) is 60.8 Å². The standard InChI is InChI=1S/C17H15NO/c19-17-11-10-13-6-4-5-9-15(13)16(17)12-18-14-7-2-1-3-8-14/h1-9,12,18H,10-11H2/b16-12+. The third-order valence-corrected chi connectivity index (χ3v) is 3.39. The third kappa shape index (κ3) is 2.43. The molecule has 0 atom stereocenters. The zero-order valence-corrected chi connectivity index (χ0v) is 10.6. The molecule has 0 amide bonds. The van der Waals surface area contributed by atoms with E-state index in [4.69, 9.17) is 0 Å². The lowest BCUT2D eigenvalue weighted by atomic mass is 9.87. The maximum absolute atomic E-state index is 12.1. The van der Waals surface area contributed by atoms with E-state index in [-0.39, 0.29) is 5.78 Å². The van der Waals surface area contributed by atoms with Gasteiger partial charge in [-0.25, -0.2) is 0 Å². The van der Waals surface area contributed by atoms with E-state index in [0.29, 0.717) is 6.42 Å². The summed E-state index contributed by atoms with van der Waals surface area (Å²) >= 11 is 0. The number of carbonyl (C=O) groups excluding carboxylic acids is 1. The molecule has 0 spiro atoms. The highest BCUT2D eigenvalue weighted by molar-refractivity contribution is 6.22. The Morgan fingerprint density at radius 3 is 2.47 bits per heavy atom. The quantitative estimate of drug-likeness (QED) is 0.823. The highest BCUT2D eigenvalue weighted by atomic mass is 16.1. The summed E-state index contributed by atoms with van der Waals surface area (Å²) < 4.78 is 0. The van der Waals surface area contributed by atoms with E-state index in [0.717, 1.165) is 23.2 Å². The number of hydrogen-bond donors (Lipinski definition) is 1. The van der Waals surface area contributed by atoms with Gasteiger partial charge in [-0.05, 0) is 29.7 Å². The monoisotopic (exact) mass is 249 g/mol. The maximum Gasteiger partial charge on any atom is 0.165 e. The molecular weight excluding hydrogens is 234 g/mol. The van der Waals surface area contributed by atoms with Crippen LogP contribution in [0, 0.1) is 0 Å². The van der Waals surface area contributed by atoms with Crippen LogP contribution in [0.1, 0.15) is 17.5 Å². The van der Waals surface area contributed by atoms with Gasteiger partial charge < -0.3 is 5.32 Å². The van der Waals surface area contributed by atoms with Crippen LogP contribution < -0.4 is 5.32 Å². The van der Waals surface area contributed by atoms with Gasteiger partial charge in [0.1, 0.15) is 0 Å². The molecule has 0 saturated heterocycles. The van der Waals surface area contributed by atoms with Gasteiger partial charge in [-0.15, -0.1) is 0 Å². The molecule has 2 aromatic rings. The third-order valence-electron chi connectivity index (χ3n) is 3.39. The van der Waals surface area contributed by atoms with E-state index in [1.165, 1.54) is 5.56 Å². The minimum absolute atomic E-state index is 0.210. The number of fused-ring (bicyclic) bond motifs is 1. The van der Waals surface area contributed by atoms with E-state index in [9.17, 15) is 4.79 Å². The van der Waals surface area contributed by atoms with Crippen molar-refractivity contribution < 1.29 is 4.79 Å². The highest BCUT2D eigenvalue weighted by Crippen LogP contribution is 2.28. The van der Waals surface area contributed by atoms with E-state index < -0.39 is 0 Å². The van der Waals surface area contributed by atoms with Gasteiger partial charge >= 0.3 is 0 Å². The number of nitrogens with one attached hydrogen (secondary N) is 1. The van der Waals surface area contributed by atoms with Crippen LogP contribution in [-0.4, -0.2) is 5.78 Å². The van der Waals surface area contributed by atoms with E-state index in [2.05, 4.69) is 11.4 Å². The number of hydrogen-bond acceptors (Lipinski definition) is 2. The molecule has 1 aliphatic carbocycles. The first-order valence-electron chi connectivity index (χ1n) is 6.48. The predicted octanol–water partition coefficient (Wildman–Crippen LogP) is 3.65. The van der Waals surface area contributed by atoms with E-state index >= 15 is 0 Å². The first kappa shape index (κ1) is 11.7. The Hall–Kier alpha value is -2.35. The number of anilines is 1. The fourth-order valence-corrected chi connectivity index (χ4v) is 2.38. The molecule has 1 aliphatic rings. The first-order chi connectivity index (χ1) is 9.34. The van der Waals surface area contributed by atoms with Gasteiger partial charge in [0, 0.05) is 23.9 Å². The molecule has 0 heterocycles. The van der Waals surface area contributed by atoms with Crippen LogP contribution in [0.25, 0.3) is 5.57 Å². The lowest BCUT2D eigenvalue weighted by molar-refractivity contribution is -0.113. The summed E-state index contributed by atoms with van der Waals surface area (Å²) in [4.78, 5) is 12.1. The summed E-state index contributed by atoms with van der Waals surface area (Å²) in [7, 11) is 0. The molecule has 0 bridgehead atoms. The van der Waals surface area contributed by atoms with Gasteiger partial charge in [0.25, 0.3) is 0 Å². The van der Waals surface area contributed by atoms with Crippen molar-refractivity contribution >= 4 is 17.0 Å². The molecule has 0 aromatic heterocycles. The van der Waals surface area contributed by atoms with Gasteiger partial charge in [0.15, 0.2) is 5.78 Å². The molecule has 0 fully saturated rings. The minimum Gasteiger partial charge on any atom is -0.361 e. The average molecular weight is 249 g/mol. The van der Waals surface area contributed by atoms with E-state index in [1.807, 2.05) is 54.7 Å². The van der Waals surface area contributed by atoms with Gasteiger partial charge in [-0.3, -0.25) is 4.79 Å². The fraction of sp³-hybridized carbons (Fsp3) is 0.118. The van der Waals surface area contributed by atoms with Crippen molar-refractivity contribution in [2.45, 2.75) is 12.8 Å². The first-order valence-corrected chi connectivity index (χ1v) is 6.48. The van der Waals surface area contributed by atoms with Crippen molar-refractivity contribution in [1.29, 1.82) is 0 Å². The zero-order valence-electron chi connectivity index (χ0n) is 10.6. The van der Waals surface area contributed by atoms with Gasteiger partial charge in [0.05, 0.1) is 0 Å². The summed E-state index contributed by atoms with van der Waals surface area (Å²) in [6.07, 6.45) is 3.27. The molecule has 0 aliphatic heterocycles. The van der Waals surface area contributed by atoms with Gasteiger partial charge in [-0.1, -0.05) is 42.5 Å². The summed E-state index contributed by atoms with van der Waals surface area (Å²) in [6, 6.07) is 18.0. The number of para-hydroxylation sites is 1. The molecular formula is C17H15NO. The van der Waals surface area contributed by atoms with Crippen molar-refractivity contribution in [3.63, 3.8) is 0 Å². The number of allylic oxidation sites excluding steroid dienone is 1. The minimum atomic E-state index is 0.210. The van der Waals surface area contributed by atoms with Crippen LogP contribution in [0.4, 0.5) is 5.69 Å². The lowest BCUT2D eigenvalue weighted by Crippen LogP contribution is -2.13. The Morgan fingerprint density at radius 2 is 1.63 bits per heavy atom. The number of Topliss-reactive ketones (excluding diaryl/α,β-unsaturated/α-hetero) is 1. The second-order valence-electron chi connectivity index (χ2n) is 4.65. The fourth-order valence-electron chi connectivity index (χ4n) is 2.38. The molecule has 2 heteroatoms. The zero-order chi connectivity index (χ0) is 13.1. The van der Waals surface area contributed by atoms with Crippen LogP contribution in [0.5, 0.6) is 0 Å². The normalized spacial score (nSPS) is 16.2. The Kier molecular flexibility index (Phi) is 3.15. The summed E-state index contributed by atoms with van der Waals surface area (Å²) in [5, 5.41) is 3.20. The molecule has 2 nitrogen and oxygen atoms in total. The molecule has 0 unspecified atom stereocenters. The second kappa shape index (κ2) is 5.11. The molecule has 0 radical (unpaired) electrons. The number of carbonyl (C=O) groups is 1. The smallest absolute Gasteiger partial charge is 0.165 e. The predicted molar refractivity (Wildman–Crippen MR) is 77.8 cm³/mol. The van der Waals surface area contributed by atoms with E-state index in [1.54, 1.807) is 0 Å². The molecule has 2 aromatic carbocycles. The molecule has 1 N–H and O–H groups in total. The van der Waals surface area contributed by atoms with Gasteiger partial charge in [0.2, 0.25) is 0 Å². The lowest BCUT2D eigenvalue weighted by Gasteiger charge is -2.17. The molecule has 19 heavy (non-hydrogen) atoms. The topological polar surface area (TPSA) is 29.1 Å². The van der Waals surface area contributed by atoms with Crippen molar-refractivity contribution in [1.82, 2.24) is 0 Å². The number of benzene rings is 2. The van der Waals surface area contributed by atoms with Crippen molar-refractivity contribution in [2.24, 2.45) is 0 Å². The number of ketones is 1. The van der Waals surface area contributed by atoms with Crippen molar-refractivity contribution in [3.05, 3.63) is 71.9 Å². The maximum atomic E-state index is 12.1. The molecule has 3 rings (SSSR count). The number of rotatable bonds is 2. The van der Waals surface area contributed by atoms with Crippen LogP contribution >= 0.6 is 0 Å². The van der Waals surface area contributed by atoms with Crippen molar-refractivity contribution in [2.75, 3.05) is 5.32 Å². The Labute approximate surface area is 112 Å². The largest absolute Gasteiger partial charge is 0.361 e. The van der Waals surface area contributed by atoms with Crippen LogP contribution in [-0.2, 0) is 11.2 Å². The second-order valence-corrected chi connectivity index (χ2v) is 4.65. The van der Waals surface area contributed by atoms with Crippen LogP contribution in [0.2, 0.25) is 0 Å². The summed E-state index contributed by atoms with van der Waals surface area (Å²) in [5.41, 5.74) is 4.09. The summed E-state index contributed by atoms with van der Waals surface area (Å²) in [6.45, 7) is 0. The van der Waals surface area contributed by atoms with Crippen LogP contribution in [0.3, 0.4) is 0 Å². The van der Waals surface area contributed by atoms with Gasteiger partial charge in [-0.2, -0.15) is 0 Å². The Morgan fingerprint density at radius 1 is 0.895 bits per heavy atom. The number of aryl methyl sites for hydroxylation is 1. The molecule has 94 valence electrons. The average Bonchev–Trinajstić information content (AvgIpc) is 2.47. The van der Waals surface area contributed by atoms with Crippen molar-refractivity contribution in [3.8, 4) is 0 Å².